The van der Waals surface area contributed by atoms with Gasteiger partial charge in [-0.1, -0.05) is 12.1 Å². The molecule has 0 amide bonds. The van der Waals surface area contributed by atoms with Crippen molar-refractivity contribution in [2.24, 2.45) is 0 Å². The average molecular weight is 163 g/mol. The zero-order chi connectivity index (χ0) is 8.55. The van der Waals surface area contributed by atoms with Gasteiger partial charge in [0.05, 0.1) is 7.11 Å². The molecule has 0 fully saturated rings. The summed E-state index contributed by atoms with van der Waals surface area (Å²) in [4.78, 5) is 2.28. The van der Waals surface area contributed by atoms with E-state index in [4.69, 9.17) is 4.74 Å². The van der Waals surface area contributed by atoms with Crippen LogP contribution in [0, 0.1) is 0 Å². The highest BCUT2D eigenvalue weighted by atomic mass is 16.5. The molecule has 0 bridgehead atoms. The van der Waals surface area contributed by atoms with Crippen LogP contribution in [0.25, 0.3) is 0 Å². The summed E-state index contributed by atoms with van der Waals surface area (Å²) < 4.78 is 5.28. The van der Waals surface area contributed by atoms with E-state index in [2.05, 4.69) is 24.1 Å². The Balaban J connectivity index is 2.44. The lowest BCUT2D eigenvalue weighted by Crippen LogP contribution is -2.07. The second-order valence-electron chi connectivity index (χ2n) is 3.27. The van der Waals surface area contributed by atoms with E-state index >= 15 is 0 Å². The van der Waals surface area contributed by atoms with Crippen LogP contribution in [0.15, 0.2) is 18.2 Å². The summed E-state index contributed by atoms with van der Waals surface area (Å²) in [6, 6.07) is 6.25. The Bertz CT molecular complexity index is 296. The Morgan fingerprint density at radius 3 is 2.92 bits per heavy atom. The molecule has 0 radical (unpaired) electrons. The molecule has 64 valence electrons. The topological polar surface area (TPSA) is 12.5 Å². The number of methoxy groups -OCH3 is 1. The van der Waals surface area contributed by atoms with E-state index in [1.165, 1.54) is 11.1 Å². The third kappa shape index (κ3) is 1.08. The first-order valence-electron chi connectivity index (χ1n) is 4.14. The van der Waals surface area contributed by atoms with Crippen molar-refractivity contribution in [3.05, 3.63) is 29.3 Å². The van der Waals surface area contributed by atoms with Crippen molar-refractivity contribution in [2.45, 2.75) is 13.1 Å². The maximum absolute atomic E-state index is 5.28. The van der Waals surface area contributed by atoms with Crippen molar-refractivity contribution in [3.63, 3.8) is 0 Å². The smallest absolute Gasteiger partial charge is 0.123 e. The fourth-order valence-corrected chi connectivity index (χ4v) is 1.75. The standard InChI is InChI=1S/C10H13NO/c1-11-6-8-4-3-5-10(12-2)9(8)7-11/h3-5H,6-7H2,1-2H3. The molecule has 1 aliphatic heterocycles. The van der Waals surface area contributed by atoms with Crippen LogP contribution in [0.1, 0.15) is 11.1 Å². The number of benzene rings is 1. The molecular weight excluding hydrogens is 150 g/mol. The van der Waals surface area contributed by atoms with Gasteiger partial charge in [-0.25, -0.2) is 0 Å². The van der Waals surface area contributed by atoms with Gasteiger partial charge in [-0.3, -0.25) is 4.90 Å². The maximum Gasteiger partial charge on any atom is 0.123 e. The Morgan fingerprint density at radius 2 is 2.17 bits per heavy atom. The lowest BCUT2D eigenvalue weighted by Gasteiger charge is -2.05. The molecule has 1 aromatic rings. The van der Waals surface area contributed by atoms with Crippen molar-refractivity contribution in [1.29, 1.82) is 0 Å². The Kier molecular flexibility index (Phi) is 1.77. The summed E-state index contributed by atoms with van der Waals surface area (Å²) in [5, 5.41) is 0. The Morgan fingerprint density at radius 1 is 1.33 bits per heavy atom. The highest BCUT2D eigenvalue weighted by Crippen LogP contribution is 2.29. The van der Waals surface area contributed by atoms with E-state index in [9.17, 15) is 0 Å². The van der Waals surface area contributed by atoms with Gasteiger partial charge in [-0.05, 0) is 18.7 Å². The summed E-state index contributed by atoms with van der Waals surface area (Å²) in [6.45, 7) is 2.06. The van der Waals surface area contributed by atoms with Gasteiger partial charge in [0.1, 0.15) is 5.75 Å². The second-order valence-corrected chi connectivity index (χ2v) is 3.27. The van der Waals surface area contributed by atoms with Crippen LogP contribution in [-0.4, -0.2) is 19.1 Å². The molecule has 1 heterocycles. The Hall–Kier alpha value is -1.02. The van der Waals surface area contributed by atoms with E-state index in [-0.39, 0.29) is 0 Å². The van der Waals surface area contributed by atoms with E-state index in [1.54, 1.807) is 7.11 Å². The lowest BCUT2D eigenvalue weighted by molar-refractivity contribution is 0.346. The molecule has 0 spiro atoms. The number of rotatable bonds is 1. The highest BCUT2D eigenvalue weighted by Gasteiger charge is 2.18. The zero-order valence-corrected chi connectivity index (χ0v) is 7.50. The first-order chi connectivity index (χ1) is 5.81. The third-order valence-corrected chi connectivity index (χ3v) is 2.32. The molecule has 2 heteroatoms. The molecule has 0 saturated carbocycles. The second kappa shape index (κ2) is 2.79. The molecule has 1 aromatic carbocycles. The van der Waals surface area contributed by atoms with Crippen molar-refractivity contribution in [1.82, 2.24) is 4.90 Å². The van der Waals surface area contributed by atoms with Gasteiger partial charge in [0.25, 0.3) is 0 Å². The number of hydrogen-bond donors (Lipinski definition) is 0. The predicted molar refractivity (Wildman–Crippen MR) is 48.2 cm³/mol. The van der Waals surface area contributed by atoms with E-state index in [1.807, 2.05) is 6.07 Å². The predicted octanol–water partition coefficient (Wildman–Crippen LogP) is 1.64. The minimum absolute atomic E-state index is 1.01. The Labute approximate surface area is 72.8 Å². The van der Waals surface area contributed by atoms with Crippen molar-refractivity contribution >= 4 is 0 Å². The van der Waals surface area contributed by atoms with E-state index in [0.29, 0.717) is 0 Å². The number of nitrogens with zero attached hydrogens (tertiary/aromatic N) is 1. The summed E-state index contributed by atoms with van der Waals surface area (Å²) in [7, 11) is 3.85. The summed E-state index contributed by atoms with van der Waals surface area (Å²) in [5.74, 6) is 1.02. The molecular formula is C10H13NO. The zero-order valence-electron chi connectivity index (χ0n) is 7.50. The highest BCUT2D eigenvalue weighted by molar-refractivity contribution is 5.42. The van der Waals surface area contributed by atoms with Crippen molar-refractivity contribution in [2.75, 3.05) is 14.2 Å². The first kappa shape index (κ1) is 7.62. The molecule has 0 unspecified atom stereocenters. The van der Waals surface area contributed by atoms with Crippen LogP contribution >= 0.6 is 0 Å². The molecule has 2 rings (SSSR count). The van der Waals surface area contributed by atoms with Crippen molar-refractivity contribution < 1.29 is 4.74 Å². The monoisotopic (exact) mass is 163 g/mol. The number of ether oxygens (including phenoxy) is 1. The molecule has 0 N–H and O–H groups in total. The van der Waals surface area contributed by atoms with Crippen LogP contribution in [0.3, 0.4) is 0 Å². The van der Waals surface area contributed by atoms with Gasteiger partial charge in [0.15, 0.2) is 0 Å². The molecule has 0 aliphatic carbocycles. The molecule has 0 saturated heterocycles. The third-order valence-electron chi connectivity index (χ3n) is 2.32. The fourth-order valence-electron chi connectivity index (χ4n) is 1.75. The van der Waals surface area contributed by atoms with Gasteiger partial charge in [0.2, 0.25) is 0 Å². The van der Waals surface area contributed by atoms with Crippen LogP contribution < -0.4 is 4.74 Å². The summed E-state index contributed by atoms with van der Waals surface area (Å²) >= 11 is 0. The number of hydrogen-bond acceptors (Lipinski definition) is 2. The minimum atomic E-state index is 1.01. The fraction of sp³-hybridized carbons (Fsp3) is 0.400. The lowest BCUT2D eigenvalue weighted by atomic mass is 10.1. The van der Waals surface area contributed by atoms with Crippen LogP contribution in [0.4, 0.5) is 0 Å². The molecule has 0 aromatic heterocycles. The van der Waals surface area contributed by atoms with Crippen molar-refractivity contribution in [3.8, 4) is 5.75 Å². The summed E-state index contributed by atoms with van der Waals surface area (Å²) in [6.07, 6.45) is 0. The normalized spacial score (nSPS) is 16.2. The molecule has 1 aliphatic rings. The quantitative estimate of drug-likeness (QED) is 0.624. The van der Waals surface area contributed by atoms with Crippen LogP contribution in [0.5, 0.6) is 5.75 Å². The molecule has 0 atom stereocenters. The minimum Gasteiger partial charge on any atom is -0.496 e. The van der Waals surface area contributed by atoms with Crippen LogP contribution in [0.2, 0.25) is 0 Å². The van der Waals surface area contributed by atoms with Crippen LogP contribution in [-0.2, 0) is 13.1 Å². The number of fused-ring (bicyclic) bond motifs is 1. The first-order valence-corrected chi connectivity index (χ1v) is 4.14. The maximum atomic E-state index is 5.28. The SMILES string of the molecule is COc1cccc2c1CN(C)C2. The van der Waals surface area contributed by atoms with Gasteiger partial charge >= 0.3 is 0 Å². The molecule has 2 nitrogen and oxygen atoms in total. The van der Waals surface area contributed by atoms with Gasteiger partial charge < -0.3 is 4.74 Å². The van der Waals surface area contributed by atoms with Gasteiger partial charge in [-0.2, -0.15) is 0 Å². The summed E-state index contributed by atoms with van der Waals surface area (Å²) in [5.41, 5.74) is 2.75. The van der Waals surface area contributed by atoms with E-state index < -0.39 is 0 Å². The van der Waals surface area contributed by atoms with E-state index in [0.717, 1.165) is 18.8 Å². The average Bonchev–Trinajstić information content (AvgIpc) is 2.44. The molecule has 12 heavy (non-hydrogen) atoms. The van der Waals surface area contributed by atoms with Gasteiger partial charge in [0, 0.05) is 18.7 Å². The van der Waals surface area contributed by atoms with Gasteiger partial charge in [-0.15, -0.1) is 0 Å². The largest absolute Gasteiger partial charge is 0.496 e.